The molecule has 28 heavy (non-hydrogen) atoms. The molecular weight excluding hydrogens is 374 g/mol. The Morgan fingerprint density at radius 3 is 2.14 bits per heavy atom. The molecule has 2 heterocycles. The minimum Gasteiger partial charge on any atom is -0.370 e. The van der Waals surface area contributed by atoms with Gasteiger partial charge in [0, 0.05) is 50.5 Å². The van der Waals surface area contributed by atoms with E-state index in [1.807, 2.05) is 18.2 Å². The van der Waals surface area contributed by atoms with Crippen molar-refractivity contribution in [1.29, 1.82) is 0 Å². The standard InChI is InChI=1S/C21H25N3O3S/c25-21-8-4-15-24(21)19-9-11-20(12-10-19)28(26,27)23-14-5-13-22(16-17-23)18-6-2-1-3-7-18/h1-3,6-7,9-12H,4-5,8,13-17H2. The fraction of sp³-hybridized carbons (Fsp3) is 0.381. The monoisotopic (exact) mass is 399 g/mol. The van der Waals surface area contributed by atoms with E-state index in [2.05, 4.69) is 17.0 Å². The maximum atomic E-state index is 13.1. The molecule has 0 N–H and O–H groups in total. The minimum atomic E-state index is -3.54. The Labute approximate surface area is 166 Å². The lowest BCUT2D eigenvalue weighted by molar-refractivity contribution is -0.117. The van der Waals surface area contributed by atoms with Crippen LogP contribution in [0.25, 0.3) is 0 Å². The van der Waals surface area contributed by atoms with Crippen molar-refractivity contribution in [2.45, 2.75) is 24.2 Å². The molecule has 0 aliphatic carbocycles. The van der Waals surface area contributed by atoms with Crippen LogP contribution in [-0.4, -0.2) is 51.4 Å². The van der Waals surface area contributed by atoms with Gasteiger partial charge >= 0.3 is 0 Å². The maximum absolute atomic E-state index is 13.1. The van der Waals surface area contributed by atoms with E-state index in [9.17, 15) is 13.2 Å². The van der Waals surface area contributed by atoms with Gasteiger partial charge in [-0.05, 0) is 49.2 Å². The number of sulfonamides is 1. The Hall–Kier alpha value is -2.38. The van der Waals surface area contributed by atoms with E-state index in [4.69, 9.17) is 0 Å². The molecule has 0 bridgehead atoms. The summed E-state index contributed by atoms with van der Waals surface area (Å²) in [4.78, 5) is 16.1. The third kappa shape index (κ3) is 3.77. The van der Waals surface area contributed by atoms with E-state index in [1.165, 1.54) is 0 Å². The second kappa shape index (κ2) is 7.93. The SMILES string of the molecule is O=C1CCCN1c1ccc(S(=O)(=O)N2CCCN(c3ccccc3)CC2)cc1. The lowest BCUT2D eigenvalue weighted by atomic mass is 10.3. The Kier molecular flexibility index (Phi) is 5.37. The van der Waals surface area contributed by atoms with Crippen molar-refractivity contribution in [2.24, 2.45) is 0 Å². The van der Waals surface area contributed by atoms with Crippen LogP contribution < -0.4 is 9.80 Å². The first kappa shape index (κ1) is 19.0. The summed E-state index contributed by atoms with van der Waals surface area (Å²) >= 11 is 0. The molecule has 2 aromatic carbocycles. The Morgan fingerprint density at radius 2 is 1.46 bits per heavy atom. The summed E-state index contributed by atoms with van der Waals surface area (Å²) in [6.07, 6.45) is 2.20. The summed E-state index contributed by atoms with van der Waals surface area (Å²) in [5.41, 5.74) is 1.90. The molecule has 2 aromatic rings. The average molecular weight is 400 g/mol. The maximum Gasteiger partial charge on any atom is 0.243 e. The fourth-order valence-corrected chi connectivity index (χ4v) is 5.37. The molecule has 0 spiro atoms. The topological polar surface area (TPSA) is 60.9 Å². The first-order chi connectivity index (χ1) is 13.6. The number of hydrogen-bond acceptors (Lipinski definition) is 4. The van der Waals surface area contributed by atoms with Crippen LogP contribution in [0.2, 0.25) is 0 Å². The first-order valence-corrected chi connectivity index (χ1v) is 11.2. The van der Waals surface area contributed by atoms with Crippen LogP contribution in [0, 0.1) is 0 Å². The fourth-order valence-electron chi connectivity index (χ4n) is 3.90. The lowest BCUT2D eigenvalue weighted by Crippen LogP contribution is -2.35. The van der Waals surface area contributed by atoms with Gasteiger partial charge in [-0.3, -0.25) is 4.79 Å². The molecule has 0 aromatic heterocycles. The van der Waals surface area contributed by atoms with Gasteiger partial charge in [-0.2, -0.15) is 4.31 Å². The number of rotatable bonds is 4. The number of para-hydroxylation sites is 1. The number of anilines is 2. The van der Waals surface area contributed by atoms with Gasteiger partial charge in [0.2, 0.25) is 15.9 Å². The van der Waals surface area contributed by atoms with E-state index in [0.717, 1.165) is 30.8 Å². The number of carbonyl (C=O) groups excluding carboxylic acids is 1. The number of hydrogen-bond donors (Lipinski definition) is 0. The molecule has 1 amide bonds. The van der Waals surface area contributed by atoms with E-state index >= 15 is 0 Å². The molecule has 2 aliphatic rings. The quantitative estimate of drug-likeness (QED) is 0.793. The normalized spacial score (nSPS) is 19.1. The Morgan fingerprint density at radius 1 is 0.714 bits per heavy atom. The largest absolute Gasteiger partial charge is 0.370 e. The molecule has 0 unspecified atom stereocenters. The van der Waals surface area contributed by atoms with Crippen LogP contribution in [0.5, 0.6) is 0 Å². The van der Waals surface area contributed by atoms with Crippen LogP contribution in [-0.2, 0) is 14.8 Å². The van der Waals surface area contributed by atoms with Crippen molar-refractivity contribution in [3.63, 3.8) is 0 Å². The number of benzene rings is 2. The van der Waals surface area contributed by atoms with Gasteiger partial charge in [0.25, 0.3) is 0 Å². The highest BCUT2D eigenvalue weighted by Crippen LogP contribution is 2.25. The zero-order chi connectivity index (χ0) is 19.6. The van der Waals surface area contributed by atoms with E-state index < -0.39 is 10.0 Å². The Bertz CT molecular complexity index is 929. The highest BCUT2D eigenvalue weighted by molar-refractivity contribution is 7.89. The predicted octanol–water partition coefficient (Wildman–Crippen LogP) is 2.71. The van der Waals surface area contributed by atoms with Gasteiger partial charge in [-0.1, -0.05) is 18.2 Å². The third-order valence-electron chi connectivity index (χ3n) is 5.44. The second-order valence-corrected chi connectivity index (χ2v) is 9.16. The minimum absolute atomic E-state index is 0.101. The van der Waals surface area contributed by atoms with Gasteiger partial charge in [0.15, 0.2) is 0 Å². The molecule has 7 heteroatoms. The van der Waals surface area contributed by atoms with Gasteiger partial charge in [-0.25, -0.2) is 8.42 Å². The highest BCUT2D eigenvalue weighted by Gasteiger charge is 2.28. The molecule has 0 radical (unpaired) electrons. The third-order valence-corrected chi connectivity index (χ3v) is 7.35. The summed E-state index contributed by atoms with van der Waals surface area (Å²) in [7, 11) is -3.54. The van der Waals surface area contributed by atoms with Gasteiger partial charge in [0.1, 0.15) is 0 Å². The lowest BCUT2D eigenvalue weighted by Gasteiger charge is -2.23. The smallest absolute Gasteiger partial charge is 0.243 e. The number of nitrogens with zero attached hydrogens (tertiary/aromatic N) is 3. The summed E-state index contributed by atoms with van der Waals surface area (Å²) in [6, 6.07) is 16.8. The van der Waals surface area contributed by atoms with Gasteiger partial charge in [0.05, 0.1) is 4.90 Å². The molecule has 6 nitrogen and oxygen atoms in total. The molecule has 2 fully saturated rings. The van der Waals surface area contributed by atoms with E-state index in [1.54, 1.807) is 33.5 Å². The van der Waals surface area contributed by atoms with Crippen molar-refractivity contribution in [3.8, 4) is 0 Å². The zero-order valence-corrected chi connectivity index (χ0v) is 16.6. The summed E-state index contributed by atoms with van der Waals surface area (Å²) < 4.78 is 27.8. The van der Waals surface area contributed by atoms with Crippen molar-refractivity contribution < 1.29 is 13.2 Å². The molecule has 4 rings (SSSR count). The molecule has 2 saturated heterocycles. The van der Waals surface area contributed by atoms with Crippen LogP contribution in [0.1, 0.15) is 19.3 Å². The summed E-state index contributed by atoms with van der Waals surface area (Å²) in [6.45, 7) is 3.18. The van der Waals surface area contributed by atoms with Gasteiger partial charge < -0.3 is 9.80 Å². The second-order valence-electron chi connectivity index (χ2n) is 7.22. The molecular formula is C21H25N3O3S. The summed E-state index contributed by atoms with van der Waals surface area (Å²) in [5, 5.41) is 0. The number of amides is 1. The molecule has 0 saturated carbocycles. The predicted molar refractivity (Wildman–Crippen MR) is 110 cm³/mol. The van der Waals surface area contributed by atoms with Crippen LogP contribution in [0.4, 0.5) is 11.4 Å². The van der Waals surface area contributed by atoms with Crippen molar-refractivity contribution >= 4 is 27.3 Å². The average Bonchev–Trinajstić information content (AvgIpc) is 2.99. The molecule has 148 valence electrons. The van der Waals surface area contributed by atoms with Crippen LogP contribution in [0.15, 0.2) is 59.5 Å². The van der Waals surface area contributed by atoms with E-state index in [-0.39, 0.29) is 10.8 Å². The van der Waals surface area contributed by atoms with Crippen LogP contribution in [0.3, 0.4) is 0 Å². The Balaban J connectivity index is 1.48. The molecule has 0 atom stereocenters. The van der Waals surface area contributed by atoms with Crippen LogP contribution >= 0.6 is 0 Å². The van der Waals surface area contributed by atoms with Crippen molar-refractivity contribution in [2.75, 3.05) is 42.5 Å². The summed E-state index contributed by atoms with van der Waals surface area (Å²) in [5.74, 6) is 0.101. The van der Waals surface area contributed by atoms with Crippen molar-refractivity contribution in [3.05, 3.63) is 54.6 Å². The first-order valence-electron chi connectivity index (χ1n) is 9.76. The molecule has 2 aliphatic heterocycles. The highest BCUT2D eigenvalue weighted by atomic mass is 32.2. The zero-order valence-electron chi connectivity index (χ0n) is 15.8. The van der Waals surface area contributed by atoms with Gasteiger partial charge in [-0.15, -0.1) is 0 Å². The number of carbonyl (C=O) groups is 1. The van der Waals surface area contributed by atoms with E-state index in [0.29, 0.717) is 32.6 Å². The van der Waals surface area contributed by atoms with Crippen molar-refractivity contribution in [1.82, 2.24) is 4.31 Å².